The second-order valence-electron chi connectivity index (χ2n) is 3.76. The van der Waals surface area contributed by atoms with E-state index in [2.05, 4.69) is 5.32 Å². The van der Waals surface area contributed by atoms with Crippen molar-refractivity contribution in [3.63, 3.8) is 0 Å². The van der Waals surface area contributed by atoms with E-state index < -0.39 is 0 Å². The van der Waals surface area contributed by atoms with Crippen LogP contribution in [0.25, 0.3) is 0 Å². The van der Waals surface area contributed by atoms with Gasteiger partial charge in [0.05, 0.1) is 7.11 Å². The zero-order valence-corrected chi connectivity index (χ0v) is 9.86. The van der Waals surface area contributed by atoms with E-state index in [0.717, 1.165) is 17.1 Å². The number of esters is 1. The lowest BCUT2D eigenvalue weighted by atomic mass is 10.1. The highest BCUT2D eigenvalue weighted by Crippen LogP contribution is 2.32. The minimum absolute atomic E-state index is 0.255. The Morgan fingerprint density at radius 2 is 2.24 bits per heavy atom. The minimum Gasteiger partial charge on any atom is -0.468 e. The van der Waals surface area contributed by atoms with Crippen molar-refractivity contribution in [2.75, 3.05) is 21.0 Å². The lowest BCUT2D eigenvalue weighted by Gasteiger charge is -2.13. The summed E-state index contributed by atoms with van der Waals surface area (Å²) in [6.45, 7) is 0.255. The molecular formula is C12H15NO4. The topological polar surface area (TPSA) is 56.8 Å². The standard InChI is InChI=1S/C12H15NO4/c1-13-9(12(14)15-2)5-8-3-4-10-11(6-8)17-7-16-10/h3-4,6,9,13H,5,7H2,1-2H3. The molecule has 0 spiro atoms. The third kappa shape index (κ3) is 2.50. The van der Waals surface area contributed by atoms with E-state index in [1.54, 1.807) is 7.05 Å². The number of carbonyl (C=O) groups excluding carboxylic acids is 1. The predicted octanol–water partition coefficient (Wildman–Crippen LogP) is 0.719. The molecule has 0 bridgehead atoms. The summed E-state index contributed by atoms with van der Waals surface area (Å²) in [7, 11) is 3.11. The van der Waals surface area contributed by atoms with Crippen LogP contribution in [0, 0.1) is 0 Å². The van der Waals surface area contributed by atoms with Crippen LogP contribution in [0.4, 0.5) is 0 Å². The Balaban J connectivity index is 2.10. The maximum Gasteiger partial charge on any atom is 0.323 e. The molecule has 0 saturated carbocycles. The van der Waals surface area contributed by atoms with Gasteiger partial charge in [-0.2, -0.15) is 0 Å². The van der Waals surface area contributed by atoms with Gasteiger partial charge in [0.25, 0.3) is 0 Å². The molecule has 0 amide bonds. The molecule has 17 heavy (non-hydrogen) atoms. The molecule has 2 rings (SSSR count). The Bertz CT molecular complexity index is 419. The van der Waals surface area contributed by atoms with Gasteiger partial charge >= 0.3 is 5.97 Å². The SMILES string of the molecule is CNC(Cc1ccc2c(c1)OCO2)C(=O)OC. The van der Waals surface area contributed by atoms with Crippen molar-refractivity contribution in [1.82, 2.24) is 5.32 Å². The number of rotatable bonds is 4. The van der Waals surface area contributed by atoms with E-state index in [-0.39, 0.29) is 18.8 Å². The van der Waals surface area contributed by atoms with Gasteiger partial charge < -0.3 is 19.5 Å². The summed E-state index contributed by atoms with van der Waals surface area (Å²) in [5.41, 5.74) is 0.999. The zero-order chi connectivity index (χ0) is 12.3. The molecule has 1 aliphatic heterocycles. The van der Waals surface area contributed by atoms with Crippen LogP contribution in [0.3, 0.4) is 0 Å². The number of nitrogens with one attached hydrogen (secondary N) is 1. The molecule has 0 saturated heterocycles. The summed E-state index contributed by atoms with van der Waals surface area (Å²) in [6, 6.07) is 5.30. The molecule has 1 atom stereocenters. The Kier molecular flexibility index (Phi) is 3.49. The van der Waals surface area contributed by atoms with Crippen LogP contribution in [0.15, 0.2) is 18.2 Å². The molecule has 5 heteroatoms. The van der Waals surface area contributed by atoms with Gasteiger partial charge in [-0.3, -0.25) is 4.79 Å². The first-order valence-corrected chi connectivity index (χ1v) is 5.38. The first kappa shape index (κ1) is 11.7. The van der Waals surface area contributed by atoms with Gasteiger partial charge in [0, 0.05) is 0 Å². The smallest absolute Gasteiger partial charge is 0.323 e. The van der Waals surface area contributed by atoms with Crippen LogP contribution < -0.4 is 14.8 Å². The normalized spacial score (nSPS) is 14.5. The van der Waals surface area contributed by atoms with Crippen molar-refractivity contribution < 1.29 is 19.0 Å². The summed E-state index contributed by atoms with van der Waals surface area (Å²) in [5, 5.41) is 2.92. The average molecular weight is 237 g/mol. The van der Waals surface area contributed by atoms with Gasteiger partial charge in [0.2, 0.25) is 6.79 Å². The van der Waals surface area contributed by atoms with E-state index in [9.17, 15) is 4.79 Å². The summed E-state index contributed by atoms with van der Waals surface area (Å²) in [6.07, 6.45) is 0.555. The Morgan fingerprint density at radius 1 is 1.47 bits per heavy atom. The lowest BCUT2D eigenvalue weighted by molar-refractivity contribution is -0.142. The number of benzene rings is 1. The Hall–Kier alpha value is -1.75. The second kappa shape index (κ2) is 5.05. The third-order valence-electron chi connectivity index (χ3n) is 2.71. The maximum absolute atomic E-state index is 11.4. The van der Waals surface area contributed by atoms with E-state index in [4.69, 9.17) is 14.2 Å². The minimum atomic E-state index is -0.347. The van der Waals surface area contributed by atoms with Crippen LogP contribution in [-0.4, -0.2) is 33.0 Å². The molecular weight excluding hydrogens is 222 g/mol. The highest BCUT2D eigenvalue weighted by atomic mass is 16.7. The number of likely N-dealkylation sites (N-methyl/N-ethyl adjacent to an activating group) is 1. The lowest BCUT2D eigenvalue weighted by Crippen LogP contribution is -2.36. The summed E-state index contributed by atoms with van der Waals surface area (Å²) in [4.78, 5) is 11.4. The monoisotopic (exact) mass is 237 g/mol. The maximum atomic E-state index is 11.4. The van der Waals surface area contributed by atoms with E-state index in [1.807, 2.05) is 18.2 Å². The zero-order valence-electron chi connectivity index (χ0n) is 9.86. The van der Waals surface area contributed by atoms with Crippen molar-refractivity contribution in [2.45, 2.75) is 12.5 Å². The quantitative estimate of drug-likeness (QED) is 0.782. The van der Waals surface area contributed by atoms with Gasteiger partial charge in [0.15, 0.2) is 11.5 Å². The summed E-state index contributed by atoms with van der Waals surface area (Å²) in [5.74, 6) is 1.19. The van der Waals surface area contributed by atoms with Gasteiger partial charge in [0.1, 0.15) is 6.04 Å². The fraction of sp³-hybridized carbons (Fsp3) is 0.417. The number of methoxy groups -OCH3 is 1. The number of hydrogen-bond acceptors (Lipinski definition) is 5. The van der Waals surface area contributed by atoms with E-state index in [1.165, 1.54) is 7.11 Å². The Labute approximate surface area is 99.7 Å². The first-order valence-electron chi connectivity index (χ1n) is 5.38. The van der Waals surface area contributed by atoms with Crippen LogP contribution in [0.2, 0.25) is 0 Å². The average Bonchev–Trinajstić information content (AvgIpc) is 2.82. The molecule has 92 valence electrons. The summed E-state index contributed by atoms with van der Waals surface area (Å²) >= 11 is 0. The van der Waals surface area contributed by atoms with Gasteiger partial charge in [-0.25, -0.2) is 0 Å². The molecule has 0 fully saturated rings. The molecule has 1 unspecified atom stereocenters. The predicted molar refractivity (Wildman–Crippen MR) is 61.1 cm³/mol. The van der Waals surface area contributed by atoms with Gasteiger partial charge in [-0.1, -0.05) is 6.07 Å². The van der Waals surface area contributed by atoms with Crippen molar-refractivity contribution in [2.24, 2.45) is 0 Å². The van der Waals surface area contributed by atoms with Crippen molar-refractivity contribution in [1.29, 1.82) is 0 Å². The number of ether oxygens (including phenoxy) is 3. The molecule has 1 aromatic rings. The fourth-order valence-corrected chi connectivity index (χ4v) is 1.75. The van der Waals surface area contributed by atoms with Crippen LogP contribution in [0.5, 0.6) is 11.5 Å². The number of hydrogen-bond donors (Lipinski definition) is 1. The molecule has 1 aromatic carbocycles. The fourth-order valence-electron chi connectivity index (χ4n) is 1.75. The molecule has 1 N–H and O–H groups in total. The van der Waals surface area contributed by atoms with Crippen LogP contribution >= 0.6 is 0 Å². The van der Waals surface area contributed by atoms with Gasteiger partial charge in [-0.15, -0.1) is 0 Å². The van der Waals surface area contributed by atoms with Gasteiger partial charge in [-0.05, 0) is 31.2 Å². The van der Waals surface area contributed by atoms with E-state index >= 15 is 0 Å². The number of carbonyl (C=O) groups is 1. The van der Waals surface area contributed by atoms with Crippen LogP contribution in [0.1, 0.15) is 5.56 Å². The molecule has 0 aromatic heterocycles. The molecule has 0 aliphatic carbocycles. The number of fused-ring (bicyclic) bond motifs is 1. The first-order chi connectivity index (χ1) is 8.24. The largest absolute Gasteiger partial charge is 0.468 e. The molecule has 1 aliphatic rings. The van der Waals surface area contributed by atoms with Crippen molar-refractivity contribution >= 4 is 5.97 Å². The Morgan fingerprint density at radius 3 is 2.94 bits per heavy atom. The third-order valence-corrected chi connectivity index (χ3v) is 2.71. The van der Waals surface area contributed by atoms with E-state index in [0.29, 0.717) is 6.42 Å². The highest BCUT2D eigenvalue weighted by Gasteiger charge is 2.19. The van der Waals surface area contributed by atoms with Crippen molar-refractivity contribution in [3.05, 3.63) is 23.8 Å². The second-order valence-corrected chi connectivity index (χ2v) is 3.76. The molecule has 1 heterocycles. The molecule has 5 nitrogen and oxygen atoms in total. The highest BCUT2D eigenvalue weighted by molar-refractivity contribution is 5.76. The summed E-state index contributed by atoms with van der Waals surface area (Å²) < 4.78 is 15.2. The van der Waals surface area contributed by atoms with Crippen LogP contribution in [-0.2, 0) is 16.0 Å². The van der Waals surface area contributed by atoms with Crippen molar-refractivity contribution in [3.8, 4) is 11.5 Å². The molecule has 0 radical (unpaired) electrons.